The second kappa shape index (κ2) is 16.9. The Kier molecular flexibility index (Phi) is 12.6. The number of nitrogens with one attached hydrogen (secondary N) is 1. The highest BCUT2D eigenvalue weighted by atomic mass is 16.6. The molecule has 1 aromatic heterocycles. The van der Waals surface area contributed by atoms with E-state index in [1.165, 1.54) is 37.5 Å². The maximum Gasteiger partial charge on any atom is 0.408 e. The van der Waals surface area contributed by atoms with Crippen LogP contribution in [-0.4, -0.2) is 106 Å². The highest BCUT2D eigenvalue weighted by molar-refractivity contribution is 6.40. The number of fused-ring (bicyclic) bond motifs is 5. The number of Topliss-reactive ketones (excluding diaryl/α,β-unsaturated/α-hetero) is 2. The Balaban J connectivity index is 1.52. The molecule has 4 unspecified atom stereocenters. The van der Waals surface area contributed by atoms with Gasteiger partial charge in [0.2, 0.25) is 11.6 Å². The van der Waals surface area contributed by atoms with Crippen molar-refractivity contribution in [3.8, 4) is 0 Å². The Morgan fingerprint density at radius 2 is 1.66 bits per heavy atom. The van der Waals surface area contributed by atoms with Crippen LogP contribution < -0.4 is 5.32 Å². The number of amides is 1. The molecule has 1 amide bonds. The average Bonchev–Trinajstić information content (AvgIpc) is 3.75. The number of rotatable bonds is 11. The first-order valence-corrected chi connectivity index (χ1v) is 21.0. The lowest BCUT2D eigenvalue weighted by Crippen LogP contribution is -2.83. The number of benzene rings is 1. The van der Waals surface area contributed by atoms with E-state index in [2.05, 4.69) is 5.32 Å². The quantitative estimate of drug-likeness (QED) is 0.162. The molecule has 1 saturated heterocycles. The molecule has 3 saturated carbocycles. The van der Waals surface area contributed by atoms with Crippen LogP contribution in [0.2, 0.25) is 0 Å². The molecule has 3 aliphatic carbocycles. The Hall–Kier alpha value is -5.13. The molecule has 2 aromatic rings. The molecule has 1 aromatic carbocycles. The molecule has 2 heterocycles. The number of ether oxygens (including phenoxy) is 6. The first kappa shape index (κ1) is 46.4. The van der Waals surface area contributed by atoms with Crippen LogP contribution in [-0.2, 0) is 52.4 Å². The van der Waals surface area contributed by atoms with Crippen molar-refractivity contribution < 1.29 is 76.6 Å². The monoisotopic (exact) mass is 867 g/mol. The molecule has 1 aliphatic heterocycles. The molecule has 4 aliphatic rings. The summed E-state index contributed by atoms with van der Waals surface area (Å²) in [5.41, 5.74) is -8.82. The minimum Gasteiger partial charge on any atom is -0.467 e. The van der Waals surface area contributed by atoms with E-state index in [-0.39, 0.29) is 37.2 Å². The van der Waals surface area contributed by atoms with Crippen molar-refractivity contribution in [2.75, 3.05) is 6.61 Å². The summed E-state index contributed by atoms with van der Waals surface area (Å²) in [6, 6.07) is 9.17. The first-order valence-electron chi connectivity index (χ1n) is 21.0. The lowest BCUT2D eigenvalue weighted by molar-refractivity contribution is -0.351. The van der Waals surface area contributed by atoms with Gasteiger partial charge in [-0.2, -0.15) is 0 Å². The summed E-state index contributed by atoms with van der Waals surface area (Å²) in [6.07, 6.45) is -8.40. The molecule has 0 spiro atoms. The summed E-state index contributed by atoms with van der Waals surface area (Å²) in [4.78, 5) is 98.2. The highest BCUT2D eigenvalue weighted by Crippen LogP contribution is 2.65. The van der Waals surface area contributed by atoms with Crippen molar-refractivity contribution in [3.63, 3.8) is 0 Å². The van der Waals surface area contributed by atoms with Crippen LogP contribution in [0.5, 0.6) is 0 Å². The van der Waals surface area contributed by atoms with Gasteiger partial charge in [-0.25, -0.2) is 14.4 Å². The number of carbonyl (C=O) groups is 7. The molecule has 3 N–H and O–H groups in total. The van der Waals surface area contributed by atoms with Gasteiger partial charge in [0.15, 0.2) is 11.7 Å². The van der Waals surface area contributed by atoms with E-state index in [0.717, 1.165) is 6.92 Å². The first-order chi connectivity index (χ1) is 29.0. The fraction of sp³-hybridized carbons (Fsp3) is 0.622. The number of hydrogen-bond donors (Lipinski definition) is 3. The van der Waals surface area contributed by atoms with Crippen LogP contribution in [0.25, 0.3) is 0 Å². The van der Waals surface area contributed by atoms with Gasteiger partial charge in [-0.15, -0.1) is 0 Å². The molecule has 0 radical (unpaired) electrons. The normalized spacial score (nSPS) is 34.9. The average molecular weight is 868 g/mol. The Bertz CT molecular complexity index is 2060. The second-order valence-electron chi connectivity index (χ2n) is 18.4. The minimum atomic E-state index is -2.40. The van der Waals surface area contributed by atoms with E-state index in [0.29, 0.717) is 0 Å². The van der Waals surface area contributed by atoms with Crippen molar-refractivity contribution >= 4 is 41.5 Å². The molecule has 338 valence electrons. The van der Waals surface area contributed by atoms with Gasteiger partial charge in [0.05, 0.1) is 29.8 Å². The molecule has 62 heavy (non-hydrogen) atoms. The van der Waals surface area contributed by atoms with Gasteiger partial charge in [0.1, 0.15) is 47.4 Å². The molecule has 4 fully saturated rings. The fourth-order valence-corrected chi connectivity index (χ4v) is 10.4. The predicted octanol–water partition coefficient (Wildman–Crippen LogP) is 4.35. The smallest absolute Gasteiger partial charge is 0.408 e. The van der Waals surface area contributed by atoms with Crippen LogP contribution in [0.1, 0.15) is 110 Å². The van der Waals surface area contributed by atoms with Crippen molar-refractivity contribution in [1.29, 1.82) is 0 Å². The summed E-state index contributed by atoms with van der Waals surface area (Å²) in [7, 11) is 0. The Morgan fingerprint density at radius 3 is 2.21 bits per heavy atom. The van der Waals surface area contributed by atoms with Crippen molar-refractivity contribution in [1.82, 2.24) is 5.32 Å². The predicted molar refractivity (Wildman–Crippen MR) is 214 cm³/mol. The Morgan fingerprint density at radius 1 is 0.984 bits per heavy atom. The summed E-state index contributed by atoms with van der Waals surface area (Å²) < 4.78 is 41.3. The van der Waals surface area contributed by atoms with Gasteiger partial charge in [0.25, 0.3) is 0 Å². The van der Waals surface area contributed by atoms with Gasteiger partial charge >= 0.3 is 30.0 Å². The van der Waals surface area contributed by atoms with Crippen LogP contribution in [0.15, 0.2) is 53.1 Å². The third kappa shape index (κ3) is 7.80. The summed E-state index contributed by atoms with van der Waals surface area (Å²) >= 11 is 0. The number of ketones is 2. The van der Waals surface area contributed by atoms with Gasteiger partial charge in [-0.05, 0) is 58.4 Å². The molecular weight excluding hydrogens is 810 g/mol. The summed E-state index contributed by atoms with van der Waals surface area (Å²) in [6.45, 7) is 13.5. The lowest BCUT2D eigenvalue weighted by Gasteiger charge is -2.68. The highest BCUT2D eigenvalue weighted by Gasteiger charge is 2.80. The van der Waals surface area contributed by atoms with Crippen molar-refractivity contribution in [3.05, 3.63) is 60.1 Å². The minimum absolute atomic E-state index is 0.0127. The zero-order chi connectivity index (χ0) is 45.7. The molecule has 6 rings (SSSR count). The number of aliphatic hydroxyl groups is 2. The van der Waals surface area contributed by atoms with Gasteiger partial charge in [-0.1, -0.05) is 45.9 Å². The lowest BCUT2D eigenvalue weighted by atomic mass is 9.41. The van der Waals surface area contributed by atoms with E-state index in [1.54, 1.807) is 66.7 Å². The van der Waals surface area contributed by atoms with Crippen molar-refractivity contribution in [2.45, 2.75) is 141 Å². The number of carbonyl (C=O) groups excluding carboxylic acids is 7. The summed E-state index contributed by atoms with van der Waals surface area (Å²) in [5, 5.41) is 27.8. The standard InChI is InChI=1S/C45H57NO16/c1-10-30(48)59-28-20-29-44(22-57-29,61-24(4)47)35-37(60-38(52)25-16-13-12-14-17-25)45(55)21-27(23(3)31(42(45,8)11-2)33(49)36(51)43(28,35)9)58-39(53)34(50)32(26-18-15-19-56-26)46-40(54)62-41(5,6)7/h12-19,23,27-29,31-32,34-35,37,50,55H,10-11,20-22H2,1-9H3,(H,46,54)/t23?,27-,28-,29+,31?,32-,34+,35?,37-,42?,43+,44-,45+/m0/s1. The number of aliphatic hydroxyl groups excluding tert-OH is 1. The Labute approximate surface area is 359 Å². The van der Waals surface area contributed by atoms with Gasteiger partial charge in [0, 0.05) is 43.4 Å². The van der Waals surface area contributed by atoms with E-state index in [4.69, 9.17) is 32.8 Å². The number of furan rings is 1. The van der Waals surface area contributed by atoms with Crippen molar-refractivity contribution in [2.24, 2.45) is 28.6 Å². The van der Waals surface area contributed by atoms with Crippen LogP contribution in [0, 0.1) is 28.6 Å². The third-order valence-corrected chi connectivity index (χ3v) is 13.6. The molecular formula is C45H57NO16. The van der Waals surface area contributed by atoms with Crippen LogP contribution in [0.4, 0.5) is 4.79 Å². The number of alkyl carbamates (subject to hydrolysis) is 1. The number of hydrogen-bond acceptors (Lipinski definition) is 16. The van der Waals surface area contributed by atoms with E-state index >= 15 is 9.59 Å². The van der Waals surface area contributed by atoms with Gasteiger partial charge in [-0.3, -0.25) is 19.2 Å². The maximum atomic E-state index is 15.4. The SMILES string of the molecule is CCC(=O)O[C@H]1C[C@H]2OC[C@@]2(OC(C)=O)C2[C@H](OC(=O)c3ccccc3)[C@]3(O)C[C@H](OC(=O)[C@H](O)[C@@H](NC(=O)OC(C)(C)C)c4ccco4)C(C)C(C(=O)C(=O)[C@@]21C)C3(C)CC. The summed E-state index contributed by atoms with van der Waals surface area (Å²) in [5.74, 6) is -9.89. The van der Waals surface area contributed by atoms with Gasteiger partial charge < -0.3 is 48.4 Å². The number of esters is 4. The van der Waals surface area contributed by atoms with Crippen LogP contribution in [0.3, 0.4) is 0 Å². The zero-order valence-electron chi connectivity index (χ0n) is 36.5. The van der Waals surface area contributed by atoms with Crippen LogP contribution >= 0.6 is 0 Å². The molecule has 17 heteroatoms. The maximum absolute atomic E-state index is 15.4. The fourth-order valence-electron chi connectivity index (χ4n) is 10.4. The zero-order valence-corrected chi connectivity index (χ0v) is 36.5. The largest absolute Gasteiger partial charge is 0.467 e. The molecule has 2 bridgehead atoms. The van der Waals surface area contributed by atoms with E-state index in [9.17, 15) is 34.2 Å². The topological polar surface area (TPSA) is 240 Å². The molecule has 13 atom stereocenters. The third-order valence-electron chi connectivity index (χ3n) is 13.6. The van der Waals surface area contributed by atoms with E-state index < -0.39 is 130 Å². The molecule has 17 nitrogen and oxygen atoms in total. The van der Waals surface area contributed by atoms with E-state index in [1.807, 2.05) is 0 Å². The second-order valence-corrected chi connectivity index (χ2v) is 18.4.